The van der Waals surface area contributed by atoms with Crippen molar-refractivity contribution < 1.29 is 0 Å². The lowest BCUT2D eigenvalue weighted by atomic mass is 10.3. The molecule has 0 atom stereocenters. The second-order valence-corrected chi connectivity index (χ2v) is 3.26. The zero-order valence-corrected chi connectivity index (χ0v) is 8.81. The van der Waals surface area contributed by atoms with Gasteiger partial charge in [0.2, 0.25) is 0 Å². The van der Waals surface area contributed by atoms with Gasteiger partial charge in [-0.1, -0.05) is 0 Å². The normalized spacial score (nSPS) is 10.5. The Morgan fingerprint density at radius 3 is 2.87 bits per heavy atom. The van der Waals surface area contributed by atoms with E-state index >= 15 is 0 Å². The van der Waals surface area contributed by atoms with Crippen LogP contribution in [0.3, 0.4) is 0 Å². The van der Waals surface area contributed by atoms with Crippen molar-refractivity contribution in [3.8, 4) is 11.5 Å². The third-order valence-electron chi connectivity index (χ3n) is 2.30. The van der Waals surface area contributed by atoms with Crippen molar-refractivity contribution in [1.82, 2.24) is 19.7 Å². The number of nitrogen functional groups attached to an aromatic ring is 1. The molecule has 0 fully saturated rings. The van der Waals surface area contributed by atoms with Crippen LogP contribution in [-0.2, 0) is 6.54 Å². The van der Waals surface area contributed by atoms with Gasteiger partial charge in [-0.15, -0.1) is 10.2 Å². The Morgan fingerprint density at radius 2 is 2.20 bits per heavy atom. The molecule has 0 amide bonds. The molecule has 0 saturated heterocycles. The van der Waals surface area contributed by atoms with Crippen molar-refractivity contribution in [3.05, 3.63) is 24.2 Å². The first-order valence-electron chi connectivity index (χ1n) is 4.84. The molecule has 0 bridgehead atoms. The highest BCUT2D eigenvalue weighted by atomic mass is 15.3. The van der Waals surface area contributed by atoms with Crippen LogP contribution in [0, 0.1) is 6.92 Å². The van der Waals surface area contributed by atoms with Gasteiger partial charge in [0, 0.05) is 12.7 Å². The predicted octanol–water partition coefficient (Wildman–Crippen LogP) is 1.25. The summed E-state index contributed by atoms with van der Waals surface area (Å²) in [4.78, 5) is 4.22. The Kier molecular flexibility index (Phi) is 2.37. The fourth-order valence-electron chi connectivity index (χ4n) is 1.54. The Morgan fingerprint density at radius 1 is 1.40 bits per heavy atom. The molecule has 0 aliphatic heterocycles. The molecule has 0 aliphatic carbocycles. The lowest BCUT2D eigenvalue weighted by Crippen LogP contribution is -2.03. The van der Waals surface area contributed by atoms with Crippen LogP contribution >= 0.6 is 0 Å². The number of pyridine rings is 1. The standard InChI is InChI=1S/C10H13N5/c1-3-15-7(2)13-14-10(15)9-8(11)5-4-6-12-9/h4-6H,3,11H2,1-2H3. The quantitative estimate of drug-likeness (QED) is 0.797. The Balaban J connectivity index is 2.59. The number of hydrogen-bond donors (Lipinski definition) is 1. The smallest absolute Gasteiger partial charge is 0.184 e. The minimum atomic E-state index is 0.625. The average Bonchev–Trinajstić information content (AvgIpc) is 2.60. The number of aryl methyl sites for hydroxylation is 1. The number of anilines is 1. The molecule has 0 saturated carbocycles. The SMILES string of the molecule is CCn1c(C)nnc1-c1ncccc1N. The molecule has 2 N–H and O–H groups in total. The van der Waals surface area contributed by atoms with Crippen LogP contribution in [0.25, 0.3) is 11.5 Å². The zero-order valence-electron chi connectivity index (χ0n) is 8.81. The van der Waals surface area contributed by atoms with E-state index in [1.165, 1.54) is 0 Å². The van der Waals surface area contributed by atoms with Gasteiger partial charge in [0.15, 0.2) is 5.82 Å². The number of rotatable bonds is 2. The lowest BCUT2D eigenvalue weighted by molar-refractivity contribution is 0.735. The van der Waals surface area contributed by atoms with E-state index in [1.807, 2.05) is 24.5 Å². The highest BCUT2D eigenvalue weighted by Crippen LogP contribution is 2.21. The van der Waals surface area contributed by atoms with E-state index in [1.54, 1.807) is 12.3 Å². The summed E-state index contributed by atoms with van der Waals surface area (Å²) in [5, 5.41) is 8.11. The van der Waals surface area contributed by atoms with E-state index in [0.29, 0.717) is 11.4 Å². The summed E-state index contributed by atoms with van der Waals surface area (Å²) in [7, 11) is 0. The molecule has 5 nitrogen and oxygen atoms in total. The molecular weight excluding hydrogens is 190 g/mol. The third kappa shape index (κ3) is 1.56. The van der Waals surface area contributed by atoms with Crippen molar-refractivity contribution in [1.29, 1.82) is 0 Å². The fourth-order valence-corrected chi connectivity index (χ4v) is 1.54. The minimum absolute atomic E-state index is 0.625. The molecule has 0 unspecified atom stereocenters. The van der Waals surface area contributed by atoms with E-state index in [4.69, 9.17) is 5.73 Å². The monoisotopic (exact) mass is 203 g/mol. The van der Waals surface area contributed by atoms with Crippen molar-refractivity contribution in [3.63, 3.8) is 0 Å². The van der Waals surface area contributed by atoms with Crippen molar-refractivity contribution in [2.24, 2.45) is 0 Å². The second-order valence-electron chi connectivity index (χ2n) is 3.26. The highest BCUT2D eigenvalue weighted by molar-refractivity contribution is 5.66. The maximum absolute atomic E-state index is 5.84. The molecule has 2 aromatic rings. The maximum Gasteiger partial charge on any atom is 0.184 e. The Bertz CT molecular complexity index is 474. The van der Waals surface area contributed by atoms with Gasteiger partial charge in [0.1, 0.15) is 11.5 Å². The van der Waals surface area contributed by atoms with Crippen molar-refractivity contribution in [2.45, 2.75) is 20.4 Å². The number of nitrogens with zero attached hydrogens (tertiary/aromatic N) is 4. The van der Waals surface area contributed by atoms with Gasteiger partial charge in [-0.05, 0) is 26.0 Å². The van der Waals surface area contributed by atoms with Crippen LogP contribution in [0.2, 0.25) is 0 Å². The molecular formula is C10H13N5. The van der Waals surface area contributed by atoms with Crippen molar-refractivity contribution in [2.75, 3.05) is 5.73 Å². The molecule has 15 heavy (non-hydrogen) atoms. The van der Waals surface area contributed by atoms with E-state index in [0.717, 1.165) is 18.2 Å². The summed E-state index contributed by atoms with van der Waals surface area (Å²) in [5.74, 6) is 1.60. The van der Waals surface area contributed by atoms with Gasteiger partial charge in [0.25, 0.3) is 0 Å². The van der Waals surface area contributed by atoms with Crippen LogP contribution in [0.15, 0.2) is 18.3 Å². The van der Waals surface area contributed by atoms with E-state index in [2.05, 4.69) is 15.2 Å². The molecule has 0 aliphatic rings. The minimum Gasteiger partial charge on any atom is -0.397 e. The molecule has 0 spiro atoms. The van der Waals surface area contributed by atoms with Crippen LogP contribution < -0.4 is 5.73 Å². The Hall–Kier alpha value is -1.91. The first-order chi connectivity index (χ1) is 7.24. The van der Waals surface area contributed by atoms with Gasteiger partial charge in [-0.3, -0.25) is 4.98 Å². The highest BCUT2D eigenvalue weighted by Gasteiger charge is 2.12. The number of aromatic nitrogens is 4. The Labute approximate surface area is 88.0 Å². The van der Waals surface area contributed by atoms with Gasteiger partial charge >= 0.3 is 0 Å². The van der Waals surface area contributed by atoms with Crippen LogP contribution in [0.5, 0.6) is 0 Å². The summed E-state index contributed by atoms with van der Waals surface area (Å²) in [6.07, 6.45) is 1.70. The van der Waals surface area contributed by atoms with E-state index < -0.39 is 0 Å². The zero-order chi connectivity index (χ0) is 10.8. The molecule has 0 radical (unpaired) electrons. The number of hydrogen-bond acceptors (Lipinski definition) is 4. The maximum atomic E-state index is 5.84. The third-order valence-corrected chi connectivity index (χ3v) is 2.30. The summed E-state index contributed by atoms with van der Waals surface area (Å²) >= 11 is 0. The first kappa shape index (κ1) is 9.64. The average molecular weight is 203 g/mol. The topological polar surface area (TPSA) is 69.6 Å². The van der Waals surface area contributed by atoms with Gasteiger partial charge in [0.05, 0.1) is 5.69 Å². The van der Waals surface area contributed by atoms with E-state index in [-0.39, 0.29) is 0 Å². The van der Waals surface area contributed by atoms with Crippen LogP contribution in [-0.4, -0.2) is 19.7 Å². The van der Waals surface area contributed by atoms with E-state index in [9.17, 15) is 0 Å². The van der Waals surface area contributed by atoms with Gasteiger partial charge in [-0.2, -0.15) is 0 Å². The first-order valence-corrected chi connectivity index (χ1v) is 4.84. The lowest BCUT2D eigenvalue weighted by Gasteiger charge is -2.05. The predicted molar refractivity (Wildman–Crippen MR) is 58.1 cm³/mol. The largest absolute Gasteiger partial charge is 0.397 e. The summed E-state index contributed by atoms with van der Waals surface area (Å²) in [5.41, 5.74) is 7.16. The van der Waals surface area contributed by atoms with Crippen LogP contribution in [0.4, 0.5) is 5.69 Å². The molecule has 5 heteroatoms. The molecule has 78 valence electrons. The summed E-state index contributed by atoms with van der Waals surface area (Å²) in [6.45, 7) is 4.77. The number of nitrogens with two attached hydrogens (primary N) is 1. The van der Waals surface area contributed by atoms with Crippen LogP contribution in [0.1, 0.15) is 12.7 Å². The molecule has 2 rings (SSSR count). The fraction of sp³-hybridized carbons (Fsp3) is 0.300. The van der Waals surface area contributed by atoms with Gasteiger partial charge in [-0.25, -0.2) is 0 Å². The molecule has 0 aromatic carbocycles. The molecule has 2 heterocycles. The second kappa shape index (κ2) is 3.68. The van der Waals surface area contributed by atoms with Crippen molar-refractivity contribution >= 4 is 5.69 Å². The summed E-state index contributed by atoms with van der Waals surface area (Å²) in [6, 6.07) is 3.62. The summed E-state index contributed by atoms with van der Waals surface area (Å²) < 4.78 is 1.98. The molecule has 2 aromatic heterocycles. The van der Waals surface area contributed by atoms with Gasteiger partial charge < -0.3 is 10.3 Å².